The second-order valence-corrected chi connectivity index (χ2v) is 8.37. The maximum Gasteiger partial charge on any atom is 0.279 e. The van der Waals surface area contributed by atoms with Crippen LogP contribution in [0.3, 0.4) is 0 Å². The number of carbonyl (C=O) groups is 1. The van der Waals surface area contributed by atoms with Crippen molar-refractivity contribution in [3.05, 3.63) is 81.3 Å². The Morgan fingerprint density at radius 2 is 1.88 bits per heavy atom. The average molecular weight is 440 g/mol. The molecule has 5 nitrogen and oxygen atoms in total. The van der Waals surface area contributed by atoms with Crippen molar-refractivity contribution in [3.8, 4) is 0 Å². The lowest BCUT2D eigenvalue weighted by atomic mass is 9.77. The Kier molecular flexibility index (Phi) is 6.26. The number of hydrogen-bond donors (Lipinski definition) is 2. The average Bonchev–Trinajstić information content (AvgIpc) is 2.72. The summed E-state index contributed by atoms with van der Waals surface area (Å²) in [6.45, 7) is 4.14. The molecule has 32 heavy (non-hydrogen) atoms. The number of amides is 1. The zero-order valence-corrected chi connectivity index (χ0v) is 18.3. The van der Waals surface area contributed by atoms with Gasteiger partial charge < -0.3 is 10.7 Å². The highest BCUT2D eigenvalue weighted by Gasteiger charge is 2.31. The molecule has 1 fully saturated rings. The lowest BCUT2D eigenvalue weighted by molar-refractivity contribution is 0.0901. The maximum atomic E-state index is 14.7. The summed E-state index contributed by atoms with van der Waals surface area (Å²) in [5.74, 6) is -1.13. The molecule has 2 N–H and O–H groups in total. The summed E-state index contributed by atoms with van der Waals surface area (Å²) in [6, 6.07) is 10.2. The Bertz CT molecular complexity index is 1200. The van der Waals surface area contributed by atoms with Gasteiger partial charge in [0.1, 0.15) is 11.6 Å². The minimum absolute atomic E-state index is 0.117. The minimum Gasteiger partial charge on any atom is -0.345 e. The van der Waals surface area contributed by atoms with Crippen molar-refractivity contribution in [2.75, 3.05) is 12.0 Å². The Morgan fingerprint density at radius 1 is 1.16 bits per heavy atom. The van der Waals surface area contributed by atoms with Crippen molar-refractivity contribution in [3.63, 3.8) is 0 Å². The number of pyridine rings is 1. The van der Waals surface area contributed by atoms with Crippen molar-refractivity contribution in [2.24, 2.45) is 5.92 Å². The fourth-order valence-electron chi connectivity index (χ4n) is 4.35. The lowest BCUT2D eigenvalue weighted by Crippen LogP contribution is -2.39. The number of rotatable bonds is 7. The van der Waals surface area contributed by atoms with Crippen molar-refractivity contribution in [1.29, 1.82) is 0 Å². The number of benzene rings is 2. The molecule has 1 saturated carbocycles. The van der Waals surface area contributed by atoms with Gasteiger partial charge >= 0.3 is 0 Å². The summed E-state index contributed by atoms with van der Waals surface area (Å²) in [6.07, 6.45) is 3.77. The van der Waals surface area contributed by atoms with Gasteiger partial charge in [-0.3, -0.25) is 9.59 Å². The first-order chi connectivity index (χ1) is 15.4. The first-order valence-electron chi connectivity index (χ1n) is 11.1. The Morgan fingerprint density at radius 3 is 2.50 bits per heavy atom. The third-order valence-electron chi connectivity index (χ3n) is 6.28. The van der Waals surface area contributed by atoms with Crippen LogP contribution < -0.4 is 16.3 Å². The molecule has 4 rings (SSSR count). The molecule has 0 aliphatic heterocycles. The molecule has 2 aromatic carbocycles. The molecule has 0 spiro atoms. The summed E-state index contributed by atoms with van der Waals surface area (Å²) in [4.78, 5) is 26.6. The molecule has 3 aromatic rings. The van der Waals surface area contributed by atoms with Crippen molar-refractivity contribution in [1.82, 2.24) is 9.99 Å². The molecule has 0 bridgehead atoms. The topological polar surface area (TPSA) is 63.1 Å². The number of hydrogen-bond acceptors (Lipinski definition) is 3. The van der Waals surface area contributed by atoms with Crippen LogP contribution in [0.25, 0.3) is 10.8 Å². The van der Waals surface area contributed by atoms with Crippen molar-refractivity contribution in [2.45, 2.75) is 45.6 Å². The van der Waals surface area contributed by atoms with Gasteiger partial charge in [0, 0.05) is 11.9 Å². The van der Waals surface area contributed by atoms with Crippen LogP contribution in [0.5, 0.6) is 0 Å². The van der Waals surface area contributed by atoms with Crippen LogP contribution in [-0.2, 0) is 0 Å². The van der Waals surface area contributed by atoms with E-state index in [2.05, 4.69) is 10.7 Å². The number of nitrogens with zero attached hydrogens (tertiary/aromatic N) is 1. The molecule has 1 aliphatic carbocycles. The van der Waals surface area contributed by atoms with E-state index in [1.165, 1.54) is 28.9 Å². The number of nitrogens with one attached hydrogen (secondary N) is 2. The predicted octanol–water partition coefficient (Wildman–Crippen LogP) is 4.81. The number of aromatic nitrogens is 1. The van der Waals surface area contributed by atoms with Gasteiger partial charge in [-0.2, -0.15) is 0 Å². The van der Waals surface area contributed by atoms with Crippen LogP contribution in [0.4, 0.5) is 8.78 Å². The van der Waals surface area contributed by atoms with Gasteiger partial charge in [0.25, 0.3) is 11.5 Å². The van der Waals surface area contributed by atoms with E-state index >= 15 is 0 Å². The molecule has 7 heteroatoms. The zero-order valence-electron chi connectivity index (χ0n) is 18.3. The number of fused-ring (bicyclic) bond motifs is 1. The van der Waals surface area contributed by atoms with Crippen molar-refractivity contribution < 1.29 is 13.6 Å². The van der Waals surface area contributed by atoms with Crippen LogP contribution in [0.1, 0.15) is 60.3 Å². The number of halogens is 2. The standard InChI is InChI=1S/C25H27F2N3O2/c1-3-14-28-30-15(2)21(19-8-5-9-20(27)22(19)25(30)32)24(31)29-23(16-6-4-7-16)17-10-12-18(26)13-11-17/h5,8-13,16,23,28H,3-4,6-7,14H2,1-2H3,(H,29,31). The monoisotopic (exact) mass is 439 g/mol. The van der Waals surface area contributed by atoms with Crippen LogP contribution in [-0.4, -0.2) is 17.1 Å². The molecule has 0 saturated heterocycles. The quantitative estimate of drug-likeness (QED) is 0.555. The molecular weight excluding hydrogens is 412 g/mol. The Labute approximate surface area is 185 Å². The van der Waals surface area contributed by atoms with E-state index in [-0.39, 0.29) is 40.0 Å². The second kappa shape index (κ2) is 9.10. The summed E-state index contributed by atoms with van der Waals surface area (Å²) in [5, 5.41) is 3.27. The smallest absolute Gasteiger partial charge is 0.279 e. The summed E-state index contributed by atoms with van der Waals surface area (Å²) < 4.78 is 29.4. The molecule has 1 unspecified atom stereocenters. The van der Waals surface area contributed by atoms with Gasteiger partial charge in [-0.15, -0.1) is 0 Å². The summed E-state index contributed by atoms with van der Waals surface area (Å²) in [5.41, 5.74) is 3.99. The Balaban J connectivity index is 1.80. The molecule has 168 valence electrons. The zero-order chi connectivity index (χ0) is 22.8. The molecular formula is C25H27F2N3O2. The van der Waals surface area contributed by atoms with Crippen LogP contribution in [0.15, 0.2) is 47.3 Å². The molecule has 1 heterocycles. The van der Waals surface area contributed by atoms with Crippen LogP contribution in [0, 0.1) is 24.5 Å². The molecule has 1 aliphatic rings. The molecule has 1 atom stereocenters. The van der Waals surface area contributed by atoms with Gasteiger partial charge in [-0.05, 0) is 55.9 Å². The predicted molar refractivity (Wildman–Crippen MR) is 121 cm³/mol. The lowest BCUT2D eigenvalue weighted by Gasteiger charge is -2.35. The van der Waals surface area contributed by atoms with E-state index in [1.54, 1.807) is 25.1 Å². The van der Waals surface area contributed by atoms with E-state index in [0.29, 0.717) is 12.2 Å². The van der Waals surface area contributed by atoms with E-state index in [1.807, 2.05) is 6.92 Å². The minimum atomic E-state index is -0.664. The molecule has 0 radical (unpaired) electrons. The first-order valence-corrected chi connectivity index (χ1v) is 11.1. The maximum absolute atomic E-state index is 14.7. The molecule has 1 amide bonds. The second-order valence-electron chi connectivity index (χ2n) is 8.37. The normalized spacial score (nSPS) is 14.8. The van der Waals surface area contributed by atoms with E-state index < -0.39 is 11.4 Å². The van der Waals surface area contributed by atoms with Crippen LogP contribution >= 0.6 is 0 Å². The van der Waals surface area contributed by atoms with Gasteiger partial charge in [-0.25, -0.2) is 13.5 Å². The SMILES string of the molecule is CCCNn1c(C)c(C(=O)NC(c2ccc(F)cc2)C2CCC2)c2cccc(F)c2c1=O. The number of carbonyl (C=O) groups excluding carboxylic acids is 1. The van der Waals surface area contributed by atoms with E-state index in [4.69, 9.17) is 0 Å². The highest BCUT2D eigenvalue weighted by Crippen LogP contribution is 2.38. The van der Waals surface area contributed by atoms with Gasteiger partial charge in [0.05, 0.1) is 22.7 Å². The van der Waals surface area contributed by atoms with E-state index in [0.717, 1.165) is 31.2 Å². The summed E-state index contributed by atoms with van der Waals surface area (Å²) >= 11 is 0. The van der Waals surface area contributed by atoms with Crippen molar-refractivity contribution >= 4 is 16.7 Å². The van der Waals surface area contributed by atoms with Crippen LogP contribution in [0.2, 0.25) is 0 Å². The highest BCUT2D eigenvalue weighted by atomic mass is 19.1. The summed E-state index contributed by atoms with van der Waals surface area (Å²) in [7, 11) is 0. The Hall–Kier alpha value is -3.22. The van der Waals surface area contributed by atoms with Gasteiger partial charge in [-0.1, -0.05) is 37.6 Å². The fraction of sp³-hybridized carbons (Fsp3) is 0.360. The largest absolute Gasteiger partial charge is 0.345 e. The van der Waals surface area contributed by atoms with E-state index in [9.17, 15) is 18.4 Å². The molecule has 1 aromatic heterocycles. The fourth-order valence-corrected chi connectivity index (χ4v) is 4.35. The highest BCUT2D eigenvalue weighted by molar-refractivity contribution is 6.08. The third kappa shape index (κ3) is 3.99. The third-order valence-corrected chi connectivity index (χ3v) is 6.28. The van der Waals surface area contributed by atoms with Gasteiger partial charge in [0.2, 0.25) is 0 Å². The van der Waals surface area contributed by atoms with Gasteiger partial charge in [0.15, 0.2) is 0 Å². The first kappa shape index (κ1) is 22.0.